The van der Waals surface area contributed by atoms with Gasteiger partial charge >= 0.3 is 35.2 Å². The topological polar surface area (TPSA) is 0 Å². The minimum absolute atomic E-state index is 0.907. The summed E-state index contributed by atoms with van der Waals surface area (Å²) in [4.78, 5) is 0. The average molecular weight is 251 g/mol. The Kier molecular flexibility index (Phi) is 2.46. The van der Waals surface area contributed by atoms with Gasteiger partial charge in [0.2, 0.25) is 0 Å². The Morgan fingerprint density at radius 3 is 1.50 bits per heavy atom. The number of rotatable bonds is 0. The van der Waals surface area contributed by atoms with Gasteiger partial charge in [0, 0.05) is 0 Å². The molecular weight excluding hydrogens is 243 g/mol. The molecule has 0 nitrogen and oxygen atoms in total. The van der Waals surface area contributed by atoms with Crippen LogP contribution in [0.3, 0.4) is 0 Å². The van der Waals surface area contributed by atoms with Gasteiger partial charge in [0.15, 0.2) is 0 Å². The van der Waals surface area contributed by atoms with Crippen LogP contribution in [0.25, 0.3) is 0 Å². The van der Waals surface area contributed by atoms with Gasteiger partial charge < -0.3 is 0 Å². The summed E-state index contributed by atoms with van der Waals surface area (Å²) in [5.41, 5.74) is 0. The molecule has 0 atom stereocenters. The van der Waals surface area contributed by atoms with Crippen molar-refractivity contribution in [2.24, 2.45) is 0 Å². The van der Waals surface area contributed by atoms with Crippen molar-refractivity contribution in [2.75, 3.05) is 0 Å². The Morgan fingerprint density at radius 1 is 1.50 bits per heavy atom. The second-order valence-corrected chi connectivity index (χ2v) is 10.6. The zero-order chi connectivity index (χ0) is 3.58. The van der Waals surface area contributed by atoms with Gasteiger partial charge in [-0.05, 0) is 0 Å². The van der Waals surface area contributed by atoms with E-state index in [1.807, 2.05) is 0 Å². The third-order valence-electron chi connectivity index (χ3n) is 0. The van der Waals surface area contributed by atoms with E-state index in [0.29, 0.717) is 0 Å². The number of hydrogen-bond acceptors (Lipinski definition) is 0. The fraction of sp³-hybridized carbons (Fsp3) is 0.667. The molecule has 0 saturated carbocycles. The summed E-state index contributed by atoms with van der Waals surface area (Å²) in [5, 5.41) is 0. The average Bonchev–Trinajstić information content (AvgIpc) is 0.811. The first-order valence-corrected chi connectivity index (χ1v) is 11.9. The summed E-state index contributed by atoms with van der Waals surface area (Å²) in [7, 11) is 0. The molecule has 0 heterocycles. The summed E-state index contributed by atoms with van der Waals surface area (Å²) in [6.07, 6.45) is 0. The van der Waals surface area contributed by atoms with Gasteiger partial charge in [0.05, 0.1) is 0 Å². The van der Waals surface area contributed by atoms with Crippen LogP contribution in [0.2, 0.25) is 8.97 Å². The molecular formula is C3H8Pb. The second-order valence-electron chi connectivity index (χ2n) is 1.21. The van der Waals surface area contributed by atoms with E-state index >= 15 is 0 Å². The molecule has 0 aromatic heterocycles. The molecule has 0 fully saturated rings. The molecule has 0 radical (unpaired) electrons. The van der Waals surface area contributed by atoms with Crippen molar-refractivity contribution in [1.29, 1.82) is 0 Å². The van der Waals surface area contributed by atoms with Gasteiger partial charge in [-0.2, -0.15) is 0 Å². The van der Waals surface area contributed by atoms with E-state index in [0.717, 1.165) is 0 Å². The molecule has 0 aliphatic rings. The van der Waals surface area contributed by atoms with Crippen molar-refractivity contribution in [2.45, 2.75) is 8.97 Å². The van der Waals surface area contributed by atoms with Crippen LogP contribution in [-0.2, 0) is 0 Å². The first-order chi connectivity index (χ1) is 1.73. The standard InChI is InChI=1S/2CH3.CH2.Pb/h2*1H3;1H2;. The van der Waals surface area contributed by atoms with Crippen LogP contribution in [0.4, 0.5) is 0 Å². The Labute approximate surface area is 35.4 Å². The van der Waals surface area contributed by atoms with Gasteiger partial charge in [-0.1, -0.05) is 0 Å². The summed E-state index contributed by atoms with van der Waals surface area (Å²) >= 11 is -0.907. The van der Waals surface area contributed by atoms with Crippen molar-refractivity contribution in [3.8, 4) is 0 Å². The van der Waals surface area contributed by atoms with E-state index in [2.05, 4.69) is 13.0 Å². The molecule has 0 saturated heterocycles. The molecule has 0 spiro atoms. The molecule has 4 heavy (non-hydrogen) atoms. The molecule has 0 aromatic rings. The van der Waals surface area contributed by atoms with Crippen molar-refractivity contribution in [3.63, 3.8) is 0 Å². The zero-order valence-corrected chi connectivity index (χ0v) is 7.09. The summed E-state index contributed by atoms with van der Waals surface area (Å²) in [6.45, 7) is 0. The Balaban J connectivity index is 2.80. The molecule has 0 aromatic carbocycles. The first-order valence-electron chi connectivity index (χ1n) is 1.35. The third-order valence-corrected chi connectivity index (χ3v) is 0. The molecule has 0 amide bonds. The molecule has 0 unspecified atom stereocenters. The van der Waals surface area contributed by atoms with E-state index in [1.54, 1.807) is 0 Å². The molecule has 0 aliphatic carbocycles. The normalized spacial score (nSPS) is 6.50. The van der Waals surface area contributed by atoms with Crippen LogP contribution in [0.1, 0.15) is 0 Å². The molecule has 0 bridgehead atoms. The van der Waals surface area contributed by atoms with Crippen LogP contribution < -0.4 is 0 Å². The van der Waals surface area contributed by atoms with E-state index in [-0.39, 0.29) is 0 Å². The fourth-order valence-corrected chi connectivity index (χ4v) is 0. The predicted molar refractivity (Wildman–Crippen MR) is 24.6 cm³/mol. The molecule has 0 N–H and O–H groups in total. The van der Waals surface area contributed by atoms with Crippen molar-refractivity contribution >= 4 is 26.3 Å². The minimum atomic E-state index is -0.907. The third kappa shape index (κ3) is 14.3. The van der Waals surface area contributed by atoms with Crippen LogP contribution >= 0.6 is 0 Å². The van der Waals surface area contributed by atoms with Crippen molar-refractivity contribution < 1.29 is 0 Å². The van der Waals surface area contributed by atoms with E-state index in [1.165, 1.54) is 0 Å². The van der Waals surface area contributed by atoms with Crippen LogP contribution in [0.5, 0.6) is 0 Å². The predicted octanol–water partition coefficient (Wildman–Crippen LogP) is 0.754. The Morgan fingerprint density at radius 2 is 1.50 bits per heavy atom. The zero-order valence-electron chi connectivity index (χ0n) is 3.21. The van der Waals surface area contributed by atoms with Crippen molar-refractivity contribution in [1.82, 2.24) is 0 Å². The molecule has 24 valence electrons. The summed E-state index contributed by atoms with van der Waals surface area (Å²) < 4.78 is 8.39. The van der Waals surface area contributed by atoms with Gasteiger partial charge in [-0.15, -0.1) is 0 Å². The SMILES string of the molecule is [CH2]=[Pb]([CH3])[CH3]. The monoisotopic (exact) mass is 252 g/mol. The van der Waals surface area contributed by atoms with Gasteiger partial charge in [-0.25, -0.2) is 0 Å². The van der Waals surface area contributed by atoms with Gasteiger partial charge in [0.25, 0.3) is 0 Å². The van der Waals surface area contributed by atoms with E-state index in [4.69, 9.17) is 0 Å². The maximum atomic E-state index is 3.85. The molecule has 1 heteroatoms. The summed E-state index contributed by atoms with van der Waals surface area (Å²) in [6, 6.07) is 0. The fourth-order valence-electron chi connectivity index (χ4n) is 0. The van der Waals surface area contributed by atoms with E-state index in [9.17, 15) is 0 Å². The molecule has 0 rings (SSSR count). The van der Waals surface area contributed by atoms with Crippen LogP contribution in [-0.4, -0.2) is 26.3 Å². The summed E-state index contributed by atoms with van der Waals surface area (Å²) in [5.74, 6) is 0. The van der Waals surface area contributed by atoms with Crippen molar-refractivity contribution in [3.05, 3.63) is 0 Å². The quantitative estimate of drug-likeness (QED) is 0.558. The molecule has 0 aliphatic heterocycles. The second kappa shape index (κ2) is 2.06. The number of hydrogen-bond donors (Lipinski definition) is 0. The van der Waals surface area contributed by atoms with Crippen LogP contribution in [0, 0.1) is 0 Å². The Bertz CT molecular complexity index is 26.3. The van der Waals surface area contributed by atoms with Crippen LogP contribution in [0.15, 0.2) is 0 Å². The van der Waals surface area contributed by atoms with Gasteiger partial charge in [-0.3, -0.25) is 0 Å². The maximum absolute atomic E-state index is 3.85. The first kappa shape index (κ1) is 4.79. The van der Waals surface area contributed by atoms with Gasteiger partial charge in [0.1, 0.15) is 0 Å². The Hall–Kier alpha value is 0.792. The van der Waals surface area contributed by atoms with E-state index < -0.39 is 22.2 Å².